The van der Waals surface area contributed by atoms with Gasteiger partial charge in [-0.3, -0.25) is 4.79 Å². The first-order chi connectivity index (χ1) is 18.7. The maximum absolute atomic E-state index is 13.6. The number of hydrogen-bond acceptors (Lipinski definition) is 2. The van der Waals surface area contributed by atoms with Crippen molar-refractivity contribution in [1.82, 2.24) is 5.32 Å². The first kappa shape index (κ1) is 4.84. The first-order valence-electron chi connectivity index (χ1n) is 16.3. The van der Waals surface area contributed by atoms with Gasteiger partial charge in [0.2, 0.25) is 5.91 Å². The Morgan fingerprint density at radius 1 is 1.39 bits per heavy atom. The van der Waals surface area contributed by atoms with Gasteiger partial charge in [0, 0.05) is 38.3 Å². The minimum Gasteiger partial charge on any atom is -0.480 e. The van der Waals surface area contributed by atoms with E-state index in [1.807, 2.05) is 0 Å². The molecule has 0 spiro atoms. The van der Waals surface area contributed by atoms with Crippen LogP contribution in [0, 0.1) is 17.7 Å². The summed E-state index contributed by atoms with van der Waals surface area (Å²) in [4.78, 5) is 25.8. The second-order valence-electron chi connectivity index (χ2n) is 4.25. The molecule has 1 fully saturated rings. The Morgan fingerprint density at radius 3 is 2.61 bits per heavy atom. The fraction of sp³-hybridized carbons (Fsp3) is 0.579. The summed E-state index contributed by atoms with van der Waals surface area (Å²) in [5, 5.41) is 11.0. The van der Waals surface area contributed by atoms with Crippen LogP contribution in [-0.2, 0) is 16.0 Å². The second kappa shape index (κ2) is 8.14. The normalized spacial score (nSPS) is 54.1. The van der Waals surface area contributed by atoms with E-state index in [1.54, 1.807) is 0 Å². The molecular weight excluding hydrogens is 290 g/mol. The van der Waals surface area contributed by atoms with Crippen molar-refractivity contribution < 1.29 is 42.1 Å². The van der Waals surface area contributed by atoms with E-state index in [-0.39, 0.29) is 0 Å². The van der Waals surface area contributed by atoms with E-state index in [0.29, 0.717) is 0 Å². The minimum atomic E-state index is -4.80. The summed E-state index contributed by atoms with van der Waals surface area (Å²) in [6, 6.07) is 1.82. The highest BCUT2D eigenvalue weighted by molar-refractivity contribution is 5.85. The molecule has 2 rings (SSSR count). The number of amides is 1. The number of nitrogens with one attached hydrogen (secondary N) is 1. The zero-order valence-electron chi connectivity index (χ0n) is 31.7. The number of hydrogen-bond donors (Lipinski definition) is 2. The Kier molecular flexibility index (Phi) is 1.71. The topological polar surface area (TPSA) is 66.4 Å². The SMILES string of the molecule is [2H]C([2H])([2H])C([2H])(C([2H])([2H])[2H])C1([2H])C([2H])([2H])C([2H])([2H])C([2H])(C(=O)NC([2H])(C(=O)O)C([2H])([2H])c2ccccc2)C([2H])([2H])C1([2H])[2H]. The fourth-order valence-electron chi connectivity index (χ4n) is 1.53. The van der Waals surface area contributed by atoms with Crippen molar-refractivity contribution in [2.24, 2.45) is 17.7 Å². The molecule has 0 aromatic heterocycles. The summed E-state index contributed by atoms with van der Waals surface area (Å²) in [6.45, 7) is -8.69. The number of benzene rings is 1. The molecule has 1 aliphatic carbocycles. The predicted molar refractivity (Wildman–Crippen MR) is 90.0 cm³/mol. The maximum Gasteiger partial charge on any atom is 0.326 e. The Morgan fingerprint density at radius 2 is 2.04 bits per heavy atom. The van der Waals surface area contributed by atoms with Gasteiger partial charge in [0.05, 0.1) is 1.37 Å². The standard InChI is InChI=1S/C19H27NO3/c1-13(2)15-8-10-16(11-9-15)18(21)20-17(19(22)23)12-14-6-4-3-5-7-14/h3-7,13,15-17H,8-12H2,1-2H3,(H,20,21)(H,22,23)/i1D3,2D3,8D2,9D2,10D2,11D2,12D2,13D,15D,16D,17D. The van der Waals surface area contributed by atoms with Gasteiger partial charge in [0.25, 0.3) is 0 Å². The smallest absolute Gasteiger partial charge is 0.326 e. The molecule has 1 amide bonds. The summed E-state index contributed by atoms with van der Waals surface area (Å²) >= 11 is 0. The minimum absolute atomic E-state index is 0.563. The number of carbonyl (C=O) groups excluding carboxylic acids is 1. The van der Waals surface area contributed by atoms with Crippen molar-refractivity contribution in [2.45, 2.75) is 51.6 Å². The molecule has 1 aromatic carbocycles. The molecule has 1 aromatic rings. The molecule has 23 heavy (non-hydrogen) atoms. The van der Waals surface area contributed by atoms with E-state index >= 15 is 0 Å². The van der Waals surface area contributed by atoms with Crippen molar-refractivity contribution >= 4 is 11.9 Å². The van der Waals surface area contributed by atoms with Crippen LogP contribution < -0.4 is 5.32 Å². The lowest BCUT2D eigenvalue weighted by atomic mass is 9.76. The van der Waals surface area contributed by atoms with E-state index in [1.165, 1.54) is 23.5 Å². The average Bonchev–Trinajstić information content (AvgIpc) is 2.84. The molecule has 0 radical (unpaired) electrons. The van der Waals surface area contributed by atoms with Crippen LogP contribution in [0.4, 0.5) is 0 Å². The predicted octanol–water partition coefficient (Wildman–Crippen LogP) is 3.26. The van der Waals surface area contributed by atoms with Crippen molar-refractivity contribution in [3.8, 4) is 0 Å². The lowest BCUT2D eigenvalue weighted by Crippen LogP contribution is -2.45. The van der Waals surface area contributed by atoms with Gasteiger partial charge in [0.15, 0.2) is 0 Å². The molecular formula is C19H27NO3. The molecule has 4 heteroatoms. The van der Waals surface area contributed by atoms with E-state index in [9.17, 15) is 14.7 Å². The van der Waals surface area contributed by atoms with Gasteiger partial charge in [0.1, 0.15) is 6.02 Å². The van der Waals surface area contributed by atoms with Crippen LogP contribution in [0.25, 0.3) is 0 Å². The molecule has 1 atom stereocenters. The summed E-state index contributed by atoms with van der Waals surface area (Å²) in [7, 11) is 0. The van der Waals surface area contributed by atoms with Gasteiger partial charge in [-0.05, 0) is 42.8 Å². The lowest BCUT2D eigenvalue weighted by molar-refractivity contribution is -0.142. The molecule has 0 saturated heterocycles. The van der Waals surface area contributed by atoms with E-state index in [4.69, 9.17) is 27.4 Å². The van der Waals surface area contributed by atoms with Crippen LogP contribution in [0.1, 0.15) is 72.2 Å². The highest BCUT2D eigenvalue weighted by Crippen LogP contribution is 2.33. The zero-order chi connectivity index (χ0) is 34.5. The molecule has 1 unspecified atom stereocenters. The lowest BCUT2D eigenvalue weighted by Gasteiger charge is -2.30. The second-order valence-corrected chi connectivity index (χ2v) is 4.25. The van der Waals surface area contributed by atoms with Gasteiger partial charge in [-0.2, -0.15) is 0 Å². The third-order valence-corrected chi connectivity index (χ3v) is 2.60. The quantitative estimate of drug-likeness (QED) is 0.837. The summed E-state index contributed by atoms with van der Waals surface area (Å²) in [5.41, 5.74) is -0.563. The Balaban J connectivity index is 2.99. The van der Waals surface area contributed by atoms with Crippen molar-refractivity contribution in [2.75, 3.05) is 0 Å². The zero-order valence-corrected chi connectivity index (χ0v) is 11.7. The Bertz CT molecular complexity index is 1230. The monoisotopic (exact) mass is 337 g/mol. The van der Waals surface area contributed by atoms with Crippen molar-refractivity contribution in [3.05, 3.63) is 35.9 Å². The number of carboxylic acid groups (broad SMARTS) is 1. The van der Waals surface area contributed by atoms with Crippen LogP contribution in [0.5, 0.6) is 0 Å². The van der Waals surface area contributed by atoms with Gasteiger partial charge < -0.3 is 10.4 Å². The van der Waals surface area contributed by atoms with E-state index in [2.05, 4.69) is 0 Å². The van der Waals surface area contributed by atoms with Gasteiger partial charge >= 0.3 is 5.97 Å². The van der Waals surface area contributed by atoms with E-state index < -0.39 is 86.7 Å². The fourth-order valence-corrected chi connectivity index (χ4v) is 1.53. The molecule has 1 aliphatic rings. The first-order valence-corrected chi connectivity index (χ1v) is 6.29. The third-order valence-electron chi connectivity index (χ3n) is 2.60. The van der Waals surface area contributed by atoms with Crippen LogP contribution in [0.15, 0.2) is 30.3 Å². The summed E-state index contributed by atoms with van der Waals surface area (Å²) in [6.07, 6.45) is -22.3. The highest BCUT2D eigenvalue weighted by atomic mass is 16.4. The Hall–Kier alpha value is -1.84. The molecule has 0 aliphatic heterocycles. The van der Waals surface area contributed by atoms with Gasteiger partial charge in [-0.25, -0.2) is 4.79 Å². The number of rotatable bonds is 6. The summed E-state index contributed by atoms with van der Waals surface area (Å²) < 4.78 is 163. The van der Waals surface area contributed by atoms with Gasteiger partial charge in [-0.1, -0.05) is 44.0 Å². The van der Waals surface area contributed by atoms with Gasteiger partial charge in [-0.15, -0.1) is 0 Å². The largest absolute Gasteiger partial charge is 0.480 e. The average molecular weight is 338 g/mol. The highest BCUT2D eigenvalue weighted by Gasteiger charge is 2.30. The van der Waals surface area contributed by atoms with Crippen molar-refractivity contribution in [1.29, 1.82) is 0 Å². The van der Waals surface area contributed by atoms with Crippen molar-refractivity contribution in [3.63, 3.8) is 0 Å². The number of aliphatic carboxylic acids is 1. The maximum atomic E-state index is 13.6. The molecule has 0 bridgehead atoms. The van der Waals surface area contributed by atoms with E-state index in [0.717, 1.165) is 12.1 Å². The molecule has 1 saturated carbocycles. The summed E-state index contributed by atoms with van der Waals surface area (Å²) in [5.74, 6) is -19.2. The van der Waals surface area contributed by atoms with Crippen LogP contribution >= 0.6 is 0 Å². The number of carbonyl (C=O) groups is 2. The van der Waals surface area contributed by atoms with Crippen LogP contribution in [-0.4, -0.2) is 23.0 Å². The van der Waals surface area contributed by atoms with Crippen LogP contribution in [0.3, 0.4) is 0 Å². The molecule has 2 N–H and O–H groups in total. The molecule has 0 heterocycles. The molecule has 4 nitrogen and oxygen atoms in total. The third kappa shape index (κ3) is 5.08. The number of carboxylic acids is 1. The van der Waals surface area contributed by atoms with Crippen LogP contribution in [0.2, 0.25) is 0 Å². The molecule has 126 valence electrons. The Labute approximate surface area is 166 Å².